The van der Waals surface area contributed by atoms with Crippen molar-refractivity contribution >= 4 is 5.97 Å². The van der Waals surface area contributed by atoms with Crippen molar-refractivity contribution in [1.29, 1.82) is 0 Å². The van der Waals surface area contributed by atoms with Gasteiger partial charge in [-0.2, -0.15) is 5.10 Å². The first kappa shape index (κ1) is 15.7. The van der Waals surface area contributed by atoms with Crippen molar-refractivity contribution < 1.29 is 9.90 Å². The average molecular weight is 314 g/mol. The van der Waals surface area contributed by atoms with Gasteiger partial charge in [0, 0.05) is 38.3 Å². The van der Waals surface area contributed by atoms with Gasteiger partial charge in [-0.3, -0.25) is 5.10 Å². The lowest BCUT2D eigenvalue weighted by Gasteiger charge is -2.32. The number of carboxylic acid groups (broad SMARTS) is 1. The number of benzene rings is 1. The first-order chi connectivity index (χ1) is 11.1. The Balaban J connectivity index is 1.57. The van der Waals surface area contributed by atoms with Gasteiger partial charge in [0.25, 0.3) is 0 Å². The number of carbonyl (C=O) groups is 1. The standard InChI is InChI=1S/C17H22N4O2/c1-20-8-10-21(11-9-20)7-6-13-2-4-14(5-3-13)15-12-16(17(22)23)19-18-15/h2-5,12H,6-11H2,1H3,(H,18,19)(H,22,23). The van der Waals surface area contributed by atoms with Crippen molar-refractivity contribution in [2.24, 2.45) is 0 Å². The minimum Gasteiger partial charge on any atom is -0.477 e. The minimum absolute atomic E-state index is 0.110. The van der Waals surface area contributed by atoms with Gasteiger partial charge in [-0.05, 0) is 25.1 Å². The van der Waals surface area contributed by atoms with Gasteiger partial charge >= 0.3 is 5.97 Å². The van der Waals surface area contributed by atoms with E-state index in [0.29, 0.717) is 5.69 Å². The minimum atomic E-state index is -0.993. The molecule has 2 aromatic rings. The van der Waals surface area contributed by atoms with E-state index in [1.54, 1.807) is 6.07 Å². The number of aromatic amines is 1. The SMILES string of the molecule is CN1CCN(CCc2ccc(-c3cc(C(=O)O)[nH]n3)cc2)CC1. The van der Waals surface area contributed by atoms with Gasteiger partial charge in [0.15, 0.2) is 0 Å². The predicted octanol–water partition coefficient (Wildman–Crippen LogP) is 1.56. The smallest absolute Gasteiger partial charge is 0.353 e. The highest BCUT2D eigenvalue weighted by atomic mass is 16.4. The number of aromatic carboxylic acids is 1. The Hall–Kier alpha value is -2.18. The van der Waals surface area contributed by atoms with E-state index in [0.717, 1.165) is 44.7 Å². The van der Waals surface area contributed by atoms with Gasteiger partial charge in [0.05, 0.1) is 5.69 Å². The Morgan fingerprint density at radius 3 is 2.52 bits per heavy atom. The summed E-state index contributed by atoms with van der Waals surface area (Å²) >= 11 is 0. The number of rotatable bonds is 5. The van der Waals surface area contributed by atoms with Crippen LogP contribution in [-0.4, -0.2) is 70.8 Å². The number of nitrogens with zero attached hydrogens (tertiary/aromatic N) is 3. The maximum Gasteiger partial charge on any atom is 0.353 e. The largest absolute Gasteiger partial charge is 0.477 e. The summed E-state index contributed by atoms with van der Waals surface area (Å²) in [5, 5.41) is 15.5. The zero-order valence-electron chi connectivity index (χ0n) is 13.3. The number of aromatic nitrogens is 2. The van der Waals surface area contributed by atoms with Crippen LogP contribution in [0.2, 0.25) is 0 Å². The third-order valence-corrected chi connectivity index (χ3v) is 4.37. The third kappa shape index (κ3) is 3.97. The van der Waals surface area contributed by atoms with Gasteiger partial charge in [-0.1, -0.05) is 24.3 Å². The molecule has 122 valence electrons. The molecule has 3 rings (SSSR count). The van der Waals surface area contributed by atoms with Gasteiger partial charge in [-0.15, -0.1) is 0 Å². The molecule has 2 heterocycles. The van der Waals surface area contributed by atoms with E-state index in [2.05, 4.69) is 39.2 Å². The van der Waals surface area contributed by atoms with Gasteiger partial charge in [0.2, 0.25) is 0 Å². The van der Waals surface area contributed by atoms with Crippen molar-refractivity contribution in [2.45, 2.75) is 6.42 Å². The summed E-state index contributed by atoms with van der Waals surface area (Å²) in [6.45, 7) is 5.65. The monoisotopic (exact) mass is 314 g/mol. The number of hydrogen-bond donors (Lipinski definition) is 2. The van der Waals surface area contributed by atoms with E-state index in [1.165, 1.54) is 5.56 Å². The van der Waals surface area contributed by atoms with Crippen molar-refractivity contribution in [3.63, 3.8) is 0 Å². The summed E-state index contributed by atoms with van der Waals surface area (Å²) < 4.78 is 0. The second-order valence-electron chi connectivity index (χ2n) is 6.06. The first-order valence-electron chi connectivity index (χ1n) is 7.91. The van der Waals surface area contributed by atoms with Crippen LogP contribution in [0.15, 0.2) is 30.3 Å². The number of likely N-dealkylation sites (N-methyl/N-ethyl adjacent to an activating group) is 1. The van der Waals surface area contributed by atoms with Gasteiger partial charge in [-0.25, -0.2) is 4.79 Å². The molecule has 1 saturated heterocycles. The first-order valence-corrected chi connectivity index (χ1v) is 7.91. The van der Waals surface area contributed by atoms with Gasteiger partial charge < -0.3 is 14.9 Å². The summed E-state index contributed by atoms with van der Waals surface area (Å²) in [7, 11) is 2.17. The van der Waals surface area contributed by atoms with Crippen LogP contribution >= 0.6 is 0 Å². The van der Waals surface area contributed by atoms with Crippen LogP contribution < -0.4 is 0 Å². The number of carboxylic acids is 1. The van der Waals surface area contributed by atoms with E-state index in [1.807, 2.05) is 12.1 Å². The quantitative estimate of drug-likeness (QED) is 0.876. The van der Waals surface area contributed by atoms with Crippen molar-refractivity contribution in [1.82, 2.24) is 20.0 Å². The maximum absolute atomic E-state index is 10.9. The fourth-order valence-electron chi connectivity index (χ4n) is 2.78. The summed E-state index contributed by atoms with van der Waals surface area (Å²) in [5.74, 6) is -0.993. The van der Waals surface area contributed by atoms with Crippen molar-refractivity contribution in [2.75, 3.05) is 39.8 Å². The number of piperazine rings is 1. The Labute approximate surface area is 135 Å². The van der Waals surface area contributed by atoms with Crippen molar-refractivity contribution in [3.8, 4) is 11.3 Å². The van der Waals surface area contributed by atoms with E-state index in [4.69, 9.17) is 5.11 Å². The number of nitrogens with one attached hydrogen (secondary N) is 1. The van der Waals surface area contributed by atoms with Crippen molar-refractivity contribution in [3.05, 3.63) is 41.6 Å². The molecule has 1 aromatic carbocycles. The zero-order valence-corrected chi connectivity index (χ0v) is 13.3. The summed E-state index contributed by atoms with van der Waals surface area (Å²) in [5.41, 5.74) is 2.99. The molecule has 0 radical (unpaired) electrons. The Morgan fingerprint density at radius 2 is 1.91 bits per heavy atom. The van der Waals surface area contributed by atoms with E-state index in [9.17, 15) is 4.79 Å². The summed E-state index contributed by atoms with van der Waals surface area (Å²) in [6, 6.07) is 9.75. The molecule has 0 aliphatic carbocycles. The molecule has 6 nitrogen and oxygen atoms in total. The molecule has 0 amide bonds. The molecular formula is C17H22N4O2. The van der Waals surface area contributed by atoms with Crippen LogP contribution in [0, 0.1) is 0 Å². The molecule has 0 bridgehead atoms. The van der Waals surface area contributed by atoms with Crippen LogP contribution in [0.3, 0.4) is 0 Å². The number of hydrogen-bond acceptors (Lipinski definition) is 4. The van der Waals surface area contributed by atoms with Gasteiger partial charge in [0.1, 0.15) is 5.69 Å². The highest BCUT2D eigenvalue weighted by molar-refractivity contribution is 5.86. The number of H-pyrrole nitrogens is 1. The van der Waals surface area contributed by atoms with Crippen LogP contribution in [0.25, 0.3) is 11.3 Å². The molecule has 0 spiro atoms. The normalized spacial score (nSPS) is 16.6. The second-order valence-corrected chi connectivity index (χ2v) is 6.06. The molecule has 0 unspecified atom stereocenters. The van der Waals surface area contributed by atoms with Crippen LogP contribution in [0.4, 0.5) is 0 Å². The highest BCUT2D eigenvalue weighted by Crippen LogP contribution is 2.18. The molecule has 0 atom stereocenters. The highest BCUT2D eigenvalue weighted by Gasteiger charge is 2.13. The topological polar surface area (TPSA) is 72.5 Å². The molecule has 1 fully saturated rings. The lowest BCUT2D eigenvalue weighted by molar-refractivity contribution is 0.0690. The van der Waals surface area contributed by atoms with Crippen LogP contribution in [-0.2, 0) is 6.42 Å². The Bertz CT molecular complexity index is 657. The Kier molecular flexibility index (Phi) is 4.73. The second kappa shape index (κ2) is 6.93. The van der Waals surface area contributed by atoms with Crippen LogP contribution in [0.1, 0.15) is 16.1 Å². The Morgan fingerprint density at radius 1 is 1.22 bits per heavy atom. The molecule has 1 aromatic heterocycles. The molecule has 23 heavy (non-hydrogen) atoms. The molecule has 2 N–H and O–H groups in total. The lowest BCUT2D eigenvalue weighted by Crippen LogP contribution is -2.45. The molecular weight excluding hydrogens is 292 g/mol. The average Bonchev–Trinajstić information content (AvgIpc) is 3.05. The summed E-state index contributed by atoms with van der Waals surface area (Å²) in [4.78, 5) is 15.7. The molecule has 1 aliphatic heterocycles. The summed E-state index contributed by atoms with van der Waals surface area (Å²) in [6.07, 6.45) is 1.03. The van der Waals surface area contributed by atoms with E-state index in [-0.39, 0.29) is 5.69 Å². The lowest BCUT2D eigenvalue weighted by atomic mass is 10.1. The van der Waals surface area contributed by atoms with Crippen LogP contribution in [0.5, 0.6) is 0 Å². The molecule has 0 saturated carbocycles. The van der Waals surface area contributed by atoms with E-state index >= 15 is 0 Å². The molecule has 1 aliphatic rings. The maximum atomic E-state index is 10.9. The molecule has 6 heteroatoms. The predicted molar refractivity (Wildman–Crippen MR) is 88.6 cm³/mol. The van der Waals surface area contributed by atoms with E-state index < -0.39 is 5.97 Å². The third-order valence-electron chi connectivity index (χ3n) is 4.37. The fourth-order valence-corrected chi connectivity index (χ4v) is 2.78. The zero-order chi connectivity index (χ0) is 16.2. The fraction of sp³-hybridized carbons (Fsp3) is 0.412.